The number of methoxy groups -OCH3 is 1. The highest BCUT2D eigenvalue weighted by Gasteiger charge is 2.22. The Kier molecular flexibility index (Phi) is 8.88. The fourth-order valence-corrected chi connectivity index (χ4v) is 7.55. The van der Waals surface area contributed by atoms with Gasteiger partial charge in [-0.1, -0.05) is 120 Å². The van der Waals surface area contributed by atoms with Crippen molar-refractivity contribution in [2.75, 3.05) is 7.11 Å². The van der Waals surface area contributed by atoms with Crippen molar-refractivity contribution in [3.8, 4) is 23.0 Å². The number of rotatable bonds is 5. The monoisotopic (exact) mass is 646 g/mol. The predicted octanol–water partition coefficient (Wildman–Crippen LogP) is 9.29. The van der Waals surface area contributed by atoms with Crippen LogP contribution in [0.2, 0.25) is 0 Å². The molecular weight excluding hydrogens is 604 g/mol. The molecule has 8 bridgehead atoms. The number of phenols is 3. The summed E-state index contributed by atoms with van der Waals surface area (Å²) in [7, 11) is 1.70. The Morgan fingerprint density at radius 1 is 0.429 bits per heavy atom. The summed E-state index contributed by atoms with van der Waals surface area (Å²) in [6.07, 6.45) is 3.13. The molecule has 3 N–H and O–H groups in total. The predicted molar refractivity (Wildman–Crippen MR) is 197 cm³/mol. The highest BCUT2D eigenvalue weighted by Crippen LogP contribution is 2.39. The van der Waals surface area contributed by atoms with Crippen molar-refractivity contribution in [3.05, 3.63) is 187 Å². The third kappa shape index (κ3) is 6.91. The summed E-state index contributed by atoms with van der Waals surface area (Å²) in [6.45, 7) is 4.07. The quantitative estimate of drug-likeness (QED) is 0.174. The van der Waals surface area contributed by atoms with Gasteiger partial charge >= 0.3 is 0 Å². The fourth-order valence-electron chi connectivity index (χ4n) is 7.55. The van der Waals surface area contributed by atoms with Gasteiger partial charge in [-0.15, -0.1) is 0 Å². The van der Waals surface area contributed by atoms with E-state index in [4.69, 9.17) is 4.74 Å². The molecule has 49 heavy (non-hydrogen) atoms. The Morgan fingerprint density at radius 2 is 0.735 bits per heavy atom. The van der Waals surface area contributed by atoms with Crippen LogP contribution in [0.3, 0.4) is 0 Å². The van der Waals surface area contributed by atoms with E-state index >= 15 is 0 Å². The zero-order chi connectivity index (χ0) is 34.1. The van der Waals surface area contributed by atoms with Gasteiger partial charge in [0.15, 0.2) is 0 Å². The van der Waals surface area contributed by atoms with Crippen LogP contribution in [0.1, 0.15) is 77.9 Å². The molecule has 0 unspecified atom stereocenters. The van der Waals surface area contributed by atoms with Gasteiger partial charge in [0.05, 0.1) is 7.11 Å². The number of phenolic OH excluding ortho intramolecular Hbond substituents is 3. The molecule has 7 rings (SSSR count). The van der Waals surface area contributed by atoms with Crippen molar-refractivity contribution < 1.29 is 20.1 Å². The molecule has 246 valence electrons. The summed E-state index contributed by atoms with van der Waals surface area (Å²) in [5.74, 6) is 1.44. The SMILES string of the molecule is COc1c2cc(Cc3ccccc3)cc1Cc1cc(Cc3ccccc3)cc(c1O)Cc1cc(C)cc(c1O)Cc1cc(C)cc(c1O)C2. The van der Waals surface area contributed by atoms with Gasteiger partial charge in [0.25, 0.3) is 0 Å². The molecular formula is C45H42O4. The zero-order valence-corrected chi connectivity index (χ0v) is 28.4. The van der Waals surface area contributed by atoms with Crippen LogP contribution in [-0.2, 0) is 38.5 Å². The minimum absolute atomic E-state index is 0.201. The van der Waals surface area contributed by atoms with E-state index in [2.05, 4.69) is 60.7 Å². The molecule has 1 aliphatic rings. The summed E-state index contributed by atoms with van der Waals surface area (Å²) in [5, 5.41) is 35.3. The van der Waals surface area contributed by atoms with Crippen LogP contribution in [0.5, 0.6) is 23.0 Å². The van der Waals surface area contributed by atoms with E-state index in [9.17, 15) is 15.3 Å². The van der Waals surface area contributed by atoms with Crippen LogP contribution < -0.4 is 4.74 Å². The second-order valence-electron chi connectivity index (χ2n) is 13.6. The number of aryl methyl sites for hydroxylation is 2. The Morgan fingerprint density at radius 3 is 1.08 bits per heavy atom. The molecule has 0 atom stereocenters. The summed E-state index contributed by atoms with van der Waals surface area (Å²) >= 11 is 0. The first-order valence-electron chi connectivity index (χ1n) is 17.0. The van der Waals surface area contributed by atoms with Gasteiger partial charge in [0, 0.05) is 25.7 Å². The van der Waals surface area contributed by atoms with Gasteiger partial charge in [-0.3, -0.25) is 0 Å². The van der Waals surface area contributed by atoms with Gasteiger partial charge in [0.2, 0.25) is 0 Å². The number of fused-ring (bicyclic) bond motifs is 8. The van der Waals surface area contributed by atoms with Crippen LogP contribution in [0.15, 0.2) is 109 Å². The average molecular weight is 647 g/mol. The maximum Gasteiger partial charge on any atom is 0.125 e. The molecule has 0 saturated carbocycles. The lowest BCUT2D eigenvalue weighted by Gasteiger charge is -2.21. The van der Waals surface area contributed by atoms with E-state index in [1.165, 1.54) is 11.1 Å². The molecule has 0 saturated heterocycles. The second kappa shape index (κ2) is 13.6. The first-order chi connectivity index (χ1) is 23.7. The third-order valence-corrected chi connectivity index (χ3v) is 9.68. The Labute approximate surface area is 288 Å². The smallest absolute Gasteiger partial charge is 0.125 e. The molecule has 4 heteroatoms. The lowest BCUT2D eigenvalue weighted by Crippen LogP contribution is -2.06. The molecule has 0 radical (unpaired) electrons. The van der Waals surface area contributed by atoms with Crippen LogP contribution in [0, 0.1) is 13.8 Å². The lowest BCUT2D eigenvalue weighted by molar-refractivity contribution is 0.405. The third-order valence-electron chi connectivity index (χ3n) is 9.68. The average Bonchev–Trinajstić information content (AvgIpc) is 3.08. The topological polar surface area (TPSA) is 69.9 Å². The summed E-state index contributed by atoms with van der Waals surface area (Å²) in [6, 6.07) is 37.4. The van der Waals surface area contributed by atoms with E-state index in [0.717, 1.165) is 85.4 Å². The number of aromatic hydroxyl groups is 3. The summed E-state index contributed by atoms with van der Waals surface area (Å²) < 4.78 is 6.17. The summed E-state index contributed by atoms with van der Waals surface area (Å²) in [4.78, 5) is 0. The first-order valence-corrected chi connectivity index (χ1v) is 17.0. The van der Waals surface area contributed by atoms with Crippen molar-refractivity contribution in [1.82, 2.24) is 0 Å². The molecule has 0 fully saturated rings. The first kappa shape index (κ1) is 32.1. The maximum absolute atomic E-state index is 12.0. The maximum atomic E-state index is 12.0. The number of hydrogen-bond donors (Lipinski definition) is 3. The van der Waals surface area contributed by atoms with E-state index in [1.807, 2.05) is 62.4 Å². The Hall–Kier alpha value is -5.48. The van der Waals surface area contributed by atoms with Crippen LogP contribution in [0.4, 0.5) is 0 Å². The molecule has 0 aromatic heterocycles. The Balaban J connectivity index is 1.46. The van der Waals surface area contributed by atoms with E-state index in [1.54, 1.807) is 7.11 Å². The largest absolute Gasteiger partial charge is 0.507 e. The van der Waals surface area contributed by atoms with Crippen LogP contribution in [0.25, 0.3) is 0 Å². The van der Waals surface area contributed by atoms with E-state index in [-0.39, 0.29) is 17.2 Å². The molecule has 0 aliphatic heterocycles. The highest BCUT2D eigenvalue weighted by molar-refractivity contribution is 5.58. The van der Waals surface area contributed by atoms with Crippen molar-refractivity contribution in [2.45, 2.75) is 52.4 Å². The van der Waals surface area contributed by atoms with E-state index < -0.39 is 0 Å². The standard InChI is InChI=1S/C45H42O4/c1-28-14-34-24-35-15-29(2)17-37(43(35)47)26-40-22-33(19-31-12-8-5-9-13-31)23-41(45(40)49-3)27-39-21-32(18-30-10-6-4-7-11-30)20-38(44(39)48)25-36(16-28)42(34)46/h4-17,20-23,46-48H,18-19,24-27H2,1-3H3. The van der Waals surface area contributed by atoms with E-state index in [0.29, 0.717) is 25.7 Å². The lowest BCUT2D eigenvalue weighted by atomic mass is 9.87. The molecule has 0 heterocycles. The molecule has 6 aromatic rings. The van der Waals surface area contributed by atoms with Crippen LogP contribution in [-0.4, -0.2) is 22.4 Å². The summed E-state index contributed by atoms with van der Waals surface area (Å²) in [5.41, 5.74) is 13.3. The van der Waals surface area contributed by atoms with Crippen molar-refractivity contribution in [3.63, 3.8) is 0 Å². The van der Waals surface area contributed by atoms with Gasteiger partial charge in [-0.05, 0) is 93.5 Å². The van der Waals surface area contributed by atoms with Crippen molar-refractivity contribution in [2.24, 2.45) is 0 Å². The second-order valence-corrected chi connectivity index (χ2v) is 13.6. The molecule has 0 amide bonds. The highest BCUT2D eigenvalue weighted by atomic mass is 16.5. The molecule has 4 nitrogen and oxygen atoms in total. The van der Waals surface area contributed by atoms with Crippen LogP contribution >= 0.6 is 0 Å². The fraction of sp³-hybridized carbons (Fsp3) is 0.200. The van der Waals surface area contributed by atoms with Gasteiger partial charge in [-0.2, -0.15) is 0 Å². The Bertz CT molecular complexity index is 2150. The number of ether oxygens (including phenoxy) is 1. The molecule has 1 aliphatic carbocycles. The van der Waals surface area contributed by atoms with Crippen molar-refractivity contribution >= 4 is 0 Å². The molecule has 6 aromatic carbocycles. The number of benzene rings is 6. The zero-order valence-electron chi connectivity index (χ0n) is 28.4. The minimum Gasteiger partial charge on any atom is -0.507 e. The number of hydrogen-bond acceptors (Lipinski definition) is 4. The molecule has 0 spiro atoms. The van der Waals surface area contributed by atoms with Crippen molar-refractivity contribution in [1.29, 1.82) is 0 Å². The van der Waals surface area contributed by atoms with Gasteiger partial charge in [-0.25, -0.2) is 0 Å². The normalized spacial score (nSPS) is 12.5. The van der Waals surface area contributed by atoms with Gasteiger partial charge in [0.1, 0.15) is 23.0 Å². The van der Waals surface area contributed by atoms with Gasteiger partial charge < -0.3 is 20.1 Å². The minimum atomic E-state index is 0.201.